The summed E-state index contributed by atoms with van der Waals surface area (Å²) in [7, 11) is 0. The molecule has 0 aromatic rings. The SMILES string of the molecule is C=C(CNCCC)OCC.CC. The molecule has 0 saturated heterocycles. The van der Waals surface area contributed by atoms with E-state index in [0.717, 1.165) is 25.3 Å². The van der Waals surface area contributed by atoms with Gasteiger partial charge in [-0.15, -0.1) is 0 Å². The van der Waals surface area contributed by atoms with Crippen LogP contribution in [0.4, 0.5) is 0 Å². The van der Waals surface area contributed by atoms with Gasteiger partial charge in [0.2, 0.25) is 0 Å². The lowest BCUT2D eigenvalue weighted by atomic mass is 10.4. The van der Waals surface area contributed by atoms with Crippen LogP contribution in [0.15, 0.2) is 12.3 Å². The predicted molar refractivity (Wildman–Crippen MR) is 55.3 cm³/mol. The van der Waals surface area contributed by atoms with Gasteiger partial charge >= 0.3 is 0 Å². The third-order valence-corrected chi connectivity index (χ3v) is 1.10. The van der Waals surface area contributed by atoms with Crippen LogP contribution >= 0.6 is 0 Å². The van der Waals surface area contributed by atoms with E-state index in [0.29, 0.717) is 6.61 Å². The molecular weight excluding hydrogens is 150 g/mol. The summed E-state index contributed by atoms with van der Waals surface area (Å²) in [6.07, 6.45) is 1.15. The lowest BCUT2D eigenvalue weighted by molar-refractivity contribution is 0.223. The molecule has 0 aliphatic heterocycles. The van der Waals surface area contributed by atoms with Crippen LogP contribution in [0.1, 0.15) is 34.1 Å². The van der Waals surface area contributed by atoms with E-state index in [9.17, 15) is 0 Å². The maximum atomic E-state index is 5.13. The van der Waals surface area contributed by atoms with E-state index >= 15 is 0 Å². The smallest absolute Gasteiger partial charge is 0.103 e. The van der Waals surface area contributed by atoms with Gasteiger partial charge in [-0.1, -0.05) is 27.4 Å². The zero-order chi connectivity index (χ0) is 9.82. The first-order valence-corrected chi connectivity index (χ1v) is 4.82. The van der Waals surface area contributed by atoms with Gasteiger partial charge in [0.1, 0.15) is 5.76 Å². The van der Waals surface area contributed by atoms with Crippen LogP contribution < -0.4 is 5.32 Å². The standard InChI is InChI=1S/C8H17NO.C2H6/c1-4-6-9-7-8(3)10-5-2;1-2/h9H,3-7H2,1-2H3;1-2H3. The molecule has 12 heavy (non-hydrogen) atoms. The number of nitrogens with one attached hydrogen (secondary N) is 1. The second-order valence-corrected chi connectivity index (χ2v) is 2.15. The minimum absolute atomic E-state index is 0.715. The Bertz CT molecular complexity index is 91.8. The summed E-state index contributed by atoms with van der Waals surface area (Å²) in [5.41, 5.74) is 0. The summed E-state index contributed by atoms with van der Waals surface area (Å²) in [5, 5.41) is 3.20. The van der Waals surface area contributed by atoms with Crippen LogP contribution in [0.3, 0.4) is 0 Å². The van der Waals surface area contributed by atoms with Gasteiger partial charge < -0.3 is 10.1 Å². The van der Waals surface area contributed by atoms with Gasteiger partial charge in [0.25, 0.3) is 0 Å². The number of hydrogen-bond donors (Lipinski definition) is 1. The van der Waals surface area contributed by atoms with Gasteiger partial charge in [-0.25, -0.2) is 0 Å². The summed E-state index contributed by atoms with van der Waals surface area (Å²) in [4.78, 5) is 0. The summed E-state index contributed by atoms with van der Waals surface area (Å²) < 4.78 is 5.13. The summed E-state index contributed by atoms with van der Waals surface area (Å²) in [6.45, 7) is 14.4. The van der Waals surface area contributed by atoms with Crippen LogP contribution in [-0.2, 0) is 4.74 Å². The van der Waals surface area contributed by atoms with Gasteiger partial charge in [0, 0.05) is 0 Å². The minimum Gasteiger partial charge on any atom is -0.497 e. The molecular formula is C10H23NO. The molecule has 0 spiro atoms. The van der Waals surface area contributed by atoms with Crippen molar-refractivity contribution in [3.63, 3.8) is 0 Å². The largest absolute Gasteiger partial charge is 0.497 e. The van der Waals surface area contributed by atoms with E-state index in [1.54, 1.807) is 0 Å². The van der Waals surface area contributed by atoms with Crippen molar-refractivity contribution in [3.05, 3.63) is 12.3 Å². The first kappa shape index (κ1) is 14.0. The molecule has 0 unspecified atom stereocenters. The number of rotatable bonds is 6. The van der Waals surface area contributed by atoms with Crippen molar-refractivity contribution in [2.24, 2.45) is 0 Å². The van der Waals surface area contributed by atoms with E-state index in [1.807, 2.05) is 20.8 Å². The van der Waals surface area contributed by atoms with Crippen LogP contribution in [0, 0.1) is 0 Å². The van der Waals surface area contributed by atoms with Crippen molar-refractivity contribution in [1.82, 2.24) is 5.32 Å². The highest BCUT2D eigenvalue weighted by Crippen LogP contribution is 1.89. The van der Waals surface area contributed by atoms with E-state index in [2.05, 4.69) is 18.8 Å². The average molecular weight is 173 g/mol. The monoisotopic (exact) mass is 173 g/mol. The first-order valence-electron chi connectivity index (χ1n) is 4.82. The molecule has 0 aromatic carbocycles. The molecule has 1 N–H and O–H groups in total. The molecule has 2 heteroatoms. The van der Waals surface area contributed by atoms with Crippen molar-refractivity contribution in [3.8, 4) is 0 Å². The minimum atomic E-state index is 0.715. The van der Waals surface area contributed by atoms with E-state index in [-0.39, 0.29) is 0 Å². The number of hydrogen-bond acceptors (Lipinski definition) is 2. The molecule has 2 nitrogen and oxygen atoms in total. The van der Waals surface area contributed by atoms with Crippen LogP contribution in [-0.4, -0.2) is 19.7 Å². The highest BCUT2D eigenvalue weighted by Gasteiger charge is 1.89. The molecule has 74 valence electrons. The van der Waals surface area contributed by atoms with Crippen LogP contribution in [0.5, 0.6) is 0 Å². The van der Waals surface area contributed by atoms with Gasteiger partial charge in [0.05, 0.1) is 13.2 Å². The lowest BCUT2D eigenvalue weighted by Gasteiger charge is -2.06. The maximum Gasteiger partial charge on any atom is 0.103 e. The van der Waals surface area contributed by atoms with Gasteiger partial charge in [0.15, 0.2) is 0 Å². The normalized spacial score (nSPS) is 8.33. The van der Waals surface area contributed by atoms with Crippen molar-refractivity contribution in [1.29, 1.82) is 0 Å². The lowest BCUT2D eigenvalue weighted by Crippen LogP contribution is -2.18. The van der Waals surface area contributed by atoms with Crippen molar-refractivity contribution in [2.75, 3.05) is 19.7 Å². The average Bonchev–Trinajstić information content (AvgIpc) is 2.09. The fourth-order valence-corrected chi connectivity index (χ4v) is 0.660. The fourth-order valence-electron chi connectivity index (χ4n) is 0.660. The third-order valence-electron chi connectivity index (χ3n) is 1.10. The molecule has 0 fully saturated rings. The molecule has 0 saturated carbocycles. The Morgan fingerprint density at radius 1 is 1.33 bits per heavy atom. The molecule has 0 atom stereocenters. The Kier molecular flexibility index (Phi) is 15.4. The van der Waals surface area contributed by atoms with Gasteiger partial charge in [-0.2, -0.15) is 0 Å². The van der Waals surface area contributed by atoms with E-state index in [1.165, 1.54) is 0 Å². The summed E-state index contributed by atoms with van der Waals surface area (Å²) in [5.74, 6) is 0.830. The fraction of sp³-hybridized carbons (Fsp3) is 0.800. The summed E-state index contributed by atoms with van der Waals surface area (Å²) >= 11 is 0. The Labute approximate surface area is 77.0 Å². The highest BCUT2D eigenvalue weighted by atomic mass is 16.5. The molecule has 0 amide bonds. The zero-order valence-electron chi connectivity index (χ0n) is 8.94. The Morgan fingerprint density at radius 2 is 1.92 bits per heavy atom. The van der Waals surface area contributed by atoms with Gasteiger partial charge in [-0.3, -0.25) is 0 Å². The number of ether oxygens (including phenoxy) is 1. The zero-order valence-corrected chi connectivity index (χ0v) is 8.94. The topological polar surface area (TPSA) is 21.3 Å². The Morgan fingerprint density at radius 3 is 2.33 bits per heavy atom. The van der Waals surface area contributed by atoms with Crippen molar-refractivity contribution >= 4 is 0 Å². The summed E-state index contributed by atoms with van der Waals surface area (Å²) in [6, 6.07) is 0. The molecule has 0 aliphatic rings. The molecule has 0 heterocycles. The molecule has 0 rings (SSSR count). The quantitative estimate of drug-likeness (QED) is 0.492. The van der Waals surface area contributed by atoms with Crippen LogP contribution in [0.25, 0.3) is 0 Å². The second kappa shape index (κ2) is 13.1. The second-order valence-electron chi connectivity index (χ2n) is 2.15. The van der Waals surface area contributed by atoms with Crippen LogP contribution in [0.2, 0.25) is 0 Å². The Balaban J connectivity index is 0. The Hall–Kier alpha value is -0.500. The highest BCUT2D eigenvalue weighted by molar-refractivity contribution is 4.84. The van der Waals surface area contributed by atoms with E-state index in [4.69, 9.17) is 4.74 Å². The van der Waals surface area contributed by atoms with Crippen molar-refractivity contribution in [2.45, 2.75) is 34.1 Å². The molecule has 0 radical (unpaired) electrons. The molecule has 0 aliphatic carbocycles. The van der Waals surface area contributed by atoms with Gasteiger partial charge in [-0.05, 0) is 19.9 Å². The third kappa shape index (κ3) is 12.2. The maximum absolute atomic E-state index is 5.13. The molecule has 0 aromatic heterocycles. The first-order chi connectivity index (χ1) is 5.81. The molecule has 0 bridgehead atoms. The van der Waals surface area contributed by atoms with E-state index < -0.39 is 0 Å². The van der Waals surface area contributed by atoms with Crippen molar-refractivity contribution < 1.29 is 4.74 Å². The predicted octanol–water partition coefficient (Wildman–Crippen LogP) is 2.56.